The van der Waals surface area contributed by atoms with Gasteiger partial charge in [-0.15, -0.1) is 0 Å². The Bertz CT molecular complexity index is 495. The standard InChI is InChI=1S/C16H25N3O3/c1-4-19(8-9-21-2)16(20)15-11-14(17-18-15)12-6-5-7-13(10-12)22-3/h5-7,10,14-15,17-18H,4,8-9,11H2,1-3H3. The summed E-state index contributed by atoms with van der Waals surface area (Å²) in [5, 5.41) is 0. The van der Waals surface area contributed by atoms with E-state index in [1.54, 1.807) is 14.2 Å². The summed E-state index contributed by atoms with van der Waals surface area (Å²) in [6, 6.07) is 7.80. The van der Waals surface area contributed by atoms with E-state index >= 15 is 0 Å². The van der Waals surface area contributed by atoms with Crippen LogP contribution in [0.25, 0.3) is 0 Å². The topological polar surface area (TPSA) is 62.8 Å². The fourth-order valence-corrected chi connectivity index (χ4v) is 2.64. The van der Waals surface area contributed by atoms with Crippen molar-refractivity contribution in [3.05, 3.63) is 29.8 Å². The van der Waals surface area contributed by atoms with Gasteiger partial charge < -0.3 is 14.4 Å². The van der Waals surface area contributed by atoms with Gasteiger partial charge in [0.1, 0.15) is 11.8 Å². The molecule has 1 aliphatic heterocycles. The van der Waals surface area contributed by atoms with E-state index in [9.17, 15) is 4.79 Å². The summed E-state index contributed by atoms with van der Waals surface area (Å²) in [4.78, 5) is 14.3. The first kappa shape index (κ1) is 16.7. The monoisotopic (exact) mass is 307 g/mol. The van der Waals surface area contributed by atoms with E-state index in [4.69, 9.17) is 9.47 Å². The smallest absolute Gasteiger partial charge is 0.241 e. The molecule has 1 saturated heterocycles. The summed E-state index contributed by atoms with van der Waals surface area (Å²) in [6.45, 7) is 3.84. The fourth-order valence-electron chi connectivity index (χ4n) is 2.64. The van der Waals surface area contributed by atoms with Gasteiger partial charge in [0.05, 0.1) is 13.7 Å². The first-order chi connectivity index (χ1) is 10.7. The van der Waals surface area contributed by atoms with Crippen LogP contribution in [0.15, 0.2) is 24.3 Å². The number of methoxy groups -OCH3 is 2. The summed E-state index contributed by atoms with van der Waals surface area (Å²) >= 11 is 0. The van der Waals surface area contributed by atoms with Gasteiger partial charge in [-0.05, 0) is 31.0 Å². The number of carbonyl (C=O) groups is 1. The number of carbonyl (C=O) groups excluding carboxylic acids is 1. The lowest BCUT2D eigenvalue weighted by molar-refractivity contribution is -0.133. The van der Waals surface area contributed by atoms with Gasteiger partial charge in [-0.1, -0.05) is 12.1 Å². The minimum absolute atomic E-state index is 0.102. The second-order valence-corrected chi connectivity index (χ2v) is 5.32. The zero-order valence-corrected chi connectivity index (χ0v) is 13.5. The van der Waals surface area contributed by atoms with Crippen LogP contribution in [0.5, 0.6) is 5.75 Å². The van der Waals surface area contributed by atoms with Crippen molar-refractivity contribution in [2.24, 2.45) is 0 Å². The molecule has 2 unspecified atom stereocenters. The maximum Gasteiger partial charge on any atom is 0.241 e. The van der Waals surface area contributed by atoms with Gasteiger partial charge in [0, 0.05) is 26.2 Å². The third kappa shape index (κ3) is 3.97. The molecule has 0 aliphatic carbocycles. The highest BCUT2D eigenvalue weighted by Crippen LogP contribution is 2.25. The predicted molar refractivity (Wildman–Crippen MR) is 84.5 cm³/mol. The molecule has 1 heterocycles. The molecule has 1 fully saturated rings. The van der Waals surface area contributed by atoms with Gasteiger partial charge >= 0.3 is 0 Å². The number of likely N-dealkylation sites (N-methyl/N-ethyl adjacent to an activating group) is 1. The average Bonchev–Trinajstić information content (AvgIpc) is 3.05. The Kier molecular flexibility index (Phi) is 6.18. The Morgan fingerprint density at radius 1 is 1.36 bits per heavy atom. The second-order valence-electron chi connectivity index (χ2n) is 5.32. The van der Waals surface area contributed by atoms with Crippen LogP contribution in [0.4, 0.5) is 0 Å². The number of benzene rings is 1. The van der Waals surface area contributed by atoms with Crippen molar-refractivity contribution >= 4 is 5.91 Å². The number of rotatable bonds is 7. The molecule has 0 saturated carbocycles. The number of nitrogens with one attached hydrogen (secondary N) is 2. The number of hydrazine groups is 1. The van der Waals surface area contributed by atoms with Crippen molar-refractivity contribution < 1.29 is 14.3 Å². The van der Waals surface area contributed by atoms with Gasteiger partial charge in [-0.2, -0.15) is 0 Å². The van der Waals surface area contributed by atoms with Crippen LogP contribution in [-0.4, -0.2) is 50.8 Å². The largest absolute Gasteiger partial charge is 0.497 e. The normalized spacial score (nSPS) is 20.9. The molecule has 6 heteroatoms. The molecule has 1 aliphatic rings. The number of nitrogens with zero attached hydrogens (tertiary/aromatic N) is 1. The van der Waals surface area contributed by atoms with Gasteiger partial charge in [0.25, 0.3) is 0 Å². The van der Waals surface area contributed by atoms with Crippen LogP contribution in [0.3, 0.4) is 0 Å². The highest BCUT2D eigenvalue weighted by atomic mass is 16.5. The molecular weight excluding hydrogens is 282 g/mol. The van der Waals surface area contributed by atoms with E-state index in [2.05, 4.69) is 10.9 Å². The minimum atomic E-state index is -0.215. The van der Waals surface area contributed by atoms with Crippen molar-refractivity contribution in [2.45, 2.75) is 25.4 Å². The zero-order valence-electron chi connectivity index (χ0n) is 13.5. The van der Waals surface area contributed by atoms with Gasteiger partial charge in [0.2, 0.25) is 5.91 Å². The lowest BCUT2D eigenvalue weighted by atomic mass is 10.0. The number of hydrogen-bond donors (Lipinski definition) is 2. The highest BCUT2D eigenvalue weighted by Gasteiger charge is 2.32. The van der Waals surface area contributed by atoms with Crippen LogP contribution in [-0.2, 0) is 9.53 Å². The van der Waals surface area contributed by atoms with Gasteiger partial charge in [0.15, 0.2) is 0 Å². The zero-order chi connectivity index (χ0) is 15.9. The lowest BCUT2D eigenvalue weighted by Gasteiger charge is -2.23. The third-order valence-electron chi connectivity index (χ3n) is 3.96. The summed E-state index contributed by atoms with van der Waals surface area (Å²) < 4.78 is 10.3. The van der Waals surface area contributed by atoms with Crippen LogP contribution < -0.4 is 15.6 Å². The molecule has 122 valence electrons. The Labute approximate surface area is 131 Å². The van der Waals surface area contributed by atoms with E-state index in [1.165, 1.54) is 0 Å². The van der Waals surface area contributed by atoms with E-state index in [-0.39, 0.29) is 18.0 Å². The second kappa shape index (κ2) is 8.12. The van der Waals surface area contributed by atoms with E-state index in [0.717, 1.165) is 17.7 Å². The molecule has 0 spiro atoms. The number of amides is 1. The van der Waals surface area contributed by atoms with E-state index < -0.39 is 0 Å². The first-order valence-electron chi connectivity index (χ1n) is 7.62. The Morgan fingerprint density at radius 2 is 2.18 bits per heavy atom. The van der Waals surface area contributed by atoms with Gasteiger partial charge in [-0.25, -0.2) is 10.9 Å². The van der Waals surface area contributed by atoms with Crippen molar-refractivity contribution in [3.63, 3.8) is 0 Å². The molecular formula is C16H25N3O3. The Hall–Kier alpha value is -1.63. The van der Waals surface area contributed by atoms with Crippen LogP contribution in [0.2, 0.25) is 0 Å². The first-order valence-corrected chi connectivity index (χ1v) is 7.62. The SMILES string of the molecule is CCN(CCOC)C(=O)C1CC(c2cccc(OC)c2)NN1. The van der Waals surface area contributed by atoms with Gasteiger partial charge in [-0.3, -0.25) is 4.79 Å². The Morgan fingerprint density at radius 3 is 2.86 bits per heavy atom. The van der Waals surface area contributed by atoms with Crippen molar-refractivity contribution in [3.8, 4) is 5.75 Å². The fraction of sp³-hybridized carbons (Fsp3) is 0.562. The molecule has 1 aromatic rings. The van der Waals surface area contributed by atoms with Crippen molar-refractivity contribution in [1.29, 1.82) is 0 Å². The molecule has 0 radical (unpaired) electrons. The molecule has 0 bridgehead atoms. The molecule has 2 atom stereocenters. The summed E-state index contributed by atoms with van der Waals surface area (Å²) in [5.74, 6) is 0.932. The van der Waals surface area contributed by atoms with E-state index in [1.807, 2.05) is 36.1 Å². The Balaban J connectivity index is 1.97. The molecule has 2 rings (SSSR count). The molecule has 0 aromatic heterocycles. The predicted octanol–water partition coefficient (Wildman–Crippen LogP) is 1.10. The third-order valence-corrected chi connectivity index (χ3v) is 3.96. The molecule has 6 nitrogen and oxygen atoms in total. The summed E-state index contributed by atoms with van der Waals surface area (Å²) in [5.41, 5.74) is 7.43. The minimum Gasteiger partial charge on any atom is -0.497 e. The van der Waals surface area contributed by atoms with Crippen molar-refractivity contribution in [2.75, 3.05) is 33.9 Å². The molecule has 2 N–H and O–H groups in total. The molecule has 1 aromatic carbocycles. The van der Waals surface area contributed by atoms with E-state index in [0.29, 0.717) is 19.7 Å². The summed E-state index contributed by atoms with van der Waals surface area (Å²) in [6.07, 6.45) is 0.718. The highest BCUT2D eigenvalue weighted by molar-refractivity contribution is 5.82. The van der Waals surface area contributed by atoms with Crippen LogP contribution in [0.1, 0.15) is 24.9 Å². The lowest BCUT2D eigenvalue weighted by Crippen LogP contribution is -2.46. The average molecular weight is 307 g/mol. The quantitative estimate of drug-likeness (QED) is 0.790. The van der Waals surface area contributed by atoms with Crippen LogP contribution in [0, 0.1) is 0 Å². The number of ether oxygens (including phenoxy) is 2. The number of hydrogen-bond acceptors (Lipinski definition) is 5. The van der Waals surface area contributed by atoms with Crippen molar-refractivity contribution in [1.82, 2.24) is 15.8 Å². The molecule has 1 amide bonds. The maximum absolute atomic E-state index is 12.5. The summed E-state index contributed by atoms with van der Waals surface area (Å²) in [7, 11) is 3.30. The maximum atomic E-state index is 12.5. The van der Waals surface area contributed by atoms with Crippen LogP contribution >= 0.6 is 0 Å². The molecule has 22 heavy (non-hydrogen) atoms.